The van der Waals surface area contributed by atoms with Gasteiger partial charge < -0.3 is 0 Å². The monoisotopic (exact) mass is 284 g/mol. The van der Waals surface area contributed by atoms with E-state index < -0.39 is 0 Å². The van der Waals surface area contributed by atoms with E-state index >= 15 is 0 Å². The number of hydrogen-bond acceptors (Lipinski definition) is 4. The molecule has 2 aromatic rings. The molecule has 1 aromatic heterocycles. The third kappa shape index (κ3) is 2.45. The van der Waals surface area contributed by atoms with Crippen molar-refractivity contribution >= 4 is 11.8 Å². The van der Waals surface area contributed by atoms with Crippen LogP contribution in [0.2, 0.25) is 0 Å². The zero-order valence-corrected chi connectivity index (χ0v) is 12.0. The third-order valence-electron chi connectivity index (χ3n) is 3.46. The van der Waals surface area contributed by atoms with Crippen molar-refractivity contribution in [1.29, 1.82) is 0 Å². The number of carbonyl (C=O) groups excluding carboxylic acids is 2. The summed E-state index contributed by atoms with van der Waals surface area (Å²) in [5.41, 5.74) is 1.86. The van der Waals surface area contributed by atoms with Crippen LogP contribution in [0, 0.1) is 0 Å². The first kappa shape index (κ1) is 13.5. The highest BCUT2D eigenvalue weighted by Crippen LogP contribution is 2.22. The van der Waals surface area contributed by atoms with Crippen LogP contribution in [0.5, 0.6) is 0 Å². The minimum Gasteiger partial charge on any atom is -0.283 e. The van der Waals surface area contributed by atoms with Crippen LogP contribution in [-0.4, -0.2) is 45.1 Å². The van der Waals surface area contributed by atoms with Crippen LogP contribution in [0.25, 0.3) is 0 Å². The summed E-state index contributed by atoms with van der Waals surface area (Å²) in [4.78, 5) is 27.7. The molecule has 1 aliphatic heterocycles. The number of aryl methyl sites for hydroxylation is 1. The highest BCUT2D eigenvalue weighted by Gasteiger charge is 2.35. The van der Waals surface area contributed by atoms with Gasteiger partial charge >= 0.3 is 0 Å². The lowest BCUT2D eigenvalue weighted by atomic mass is 10.1. The molecule has 0 saturated heterocycles. The van der Waals surface area contributed by atoms with Crippen molar-refractivity contribution in [2.24, 2.45) is 7.05 Å². The largest absolute Gasteiger partial charge is 0.283 e. The lowest BCUT2D eigenvalue weighted by Crippen LogP contribution is -2.39. The van der Waals surface area contributed by atoms with E-state index in [-0.39, 0.29) is 18.5 Å². The minimum absolute atomic E-state index is 0.233. The molecule has 0 atom stereocenters. The Balaban J connectivity index is 1.71. The first-order chi connectivity index (χ1) is 10.1. The molecule has 0 bridgehead atoms. The Bertz CT molecular complexity index is 672. The second kappa shape index (κ2) is 5.14. The van der Waals surface area contributed by atoms with Gasteiger partial charge in [-0.05, 0) is 25.2 Å². The quantitative estimate of drug-likeness (QED) is 0.789. The average molecular weight is 284 g/mol. The Hall–Kier alpha value is -2.47. The second-order valence-corrected chi connectivity index (χ2v) is 5.22. The summed E-state index contributed by atoms with van der Waals surface area (Å²) >= 11 is 0. The number of amides is 2. The van der Waals surface area contributed by atoms with E-state index in [1.807, 2.05) is 31.3 Å². The Morgan fingerprint density at radius 3 is 2.24 bits per heavy atom. The molecule has 6 heteroatoms. The topological polar surface area (TPSA) is 58.4 Å². The molecule has 2 heterocycles. The van der Waals surface area contributed by atoms with Crippen LogP contribution in [-0.2, 0) is 13.6 Å². The van der Waals surface area contributed by atoms with Crippen LogP contribution >= 0.6 is 0 Å². The fourth-order valence-corrected chi connectivity index (χ4v) is 2.48. The lowest BCUT2D eigenvalue weighted by Gasteiger charge is -2.21. The number of benzene rings is 1. The molecule has 0 saturated carbocycles. The molecule has 0 aliphatic carbocycles. The first-order valence-corrected chi connectivity index (χ1v) is 6.68. The molecular weight excluding hydrogens is 268 g/mol. The van der Waals surface area contributed by atoms with Gasteiger partial charge in [0, 0.05) is 19.8 Å². The van der Waals surface area contributed by atoms with Crippen LogP contribution in [0.15, 0.2) is 36.5 Å². The Labute approximate surface area is 122 Å². The molecular formula is C15H16N4O2. The molecule has 0 spiro atoms. The van der Waals surface area contributed by atoms with E-state index in [1.54, 1.807) is 28.9 Å². The Kier molecular flexibility index (Phi) is 3.31. The summed E-state index contributed by atoms with van der Waals surface area (Å²) in [5, 5.41) is 4.29. The summed E-state index contributed by atoms with van der Waals surface area (Å²) in [7, 11) is 3.71. The fourth-order valence-electron chi connectivity index (χ4n) is 2.48. The molecule has 0 fully saturated rings. The number of rotatable bonds is 4. The maximum atomic E-state index is 12.3. The number of nitrogens with zero attached hydrogens (tertiary/aromatic N) is 4. The van der Waals surface area contributed by atoms with Crippen molar-refractivity contribution in [3.8, 4) is 0 Å². The minimum atomic E-state index is -0.233. The second-order valence-electron chi connectivity index (χ2n) is 5.22. The Morgan fingerprint density at radius 2 is 1.71 bits per heavy atom. The Morgan fingerprint density at radius 1 is 1.10 bits per heavy atom. The van der Waals surface area contributed by atoms with Crippen LogP contribution in [0.4, 0.5) is 0 Å². The van der Waals surface area contributed by atoms with Gasteiger partial charge in [-0.1, -0.05) is 12.1 Å². The molecule has 0 unspecified atom stereocenters. The lowest BCUT2D eigenvalue weighted by molar-refractivity contribution is 0.0558. The summed E-state index contributed by atoms with van der Waals surface area (Å²) in [6.07, 6.45) is 1.87. The maximum absolute atomic E-state index is 12.3. The highest BCUT2D eigenvalue weighted by atomic mass is 16.2. The van der Waals surface area contributed by atoms with Gasteiger partial charge in [-0.25, -0.2) is 0 Å². The SMILES string of the molecule is CN(Cc1ccn(C)n1)CN1C(=O)c2ccccc2C1=O. The van der Waals surface area contributed by atoms with E-state index in [4.69, 9.17) is 0 Å². The molecule has 1 aromatic carbocycles. The number of imide groups is 1. The van der Waals surface area contributed by atoms with Gasteiger partial charge in [0.2, 0.25) is 0 Å². The van der Waals surface area contributed by atoms with Gasteiger partial charge in [-0.15, -0.1) is 0 Å². The van der Waals surface area contributed by atoms with Crippen molar-refractivity contribution in [3.63, 3.8) is 0 Å². The van der Waals surface area contributed by atoms with Gasteiger partial charge in [-0.3, -0.25) is 24.1 Å². The zero-order valence-electron chi connectivity index (χ0n) is 12.0. The molecule has 0 N–H and O–H groups in total. The van der Waals surface area contributed by atoms with Gasteiger partial charge in [-0.2, -0.15) is 5.10 Å². The zero-order chi connectivity index (χ0) is 15.0. The normalized spacial score (nSPS) is 14.1. The summed E-state index contributed by atoms with van der Waals surface area (Å²) < 4.78 is 1.73. The van der Waals surface area contributed by atoms with Gasteiger partial charge in [0.15, 0.2) is 0 Å². The van der Waals surface area contributed by atoms with Crippen molar-refractivity contribution in [1.82, 2.24) is 19.6 Å². The predicted molar refractivity (Wildman–Crippen MR) is 76.5 cm³/mol. The average Bonchev–Trinajstić information content (AvgIpc) is 2.97. The third-order valence-corrected chi connectivity index (χ3v) is 3.46. The molecule has 6 nitrogen and oxygen atoms in total. The van der Waals surface area contributed by atoms with Crippen LogP contribution in [0.1, 0.15) is 26.4 Å². The number of hydrogen-bond donors (Lipinski definition) is 0. The fraction of sp³-hybridized carbons (Fsp3) is 0.267. The highest BCUT2D eigenvalue weighted by molar-refractivity contribution is 6.21. The maximum Gasteiger partial charge on any atom is 0.262 e. The summed E-state index contributed by atoms with van der Waals surface area (Å²) in [6.45, 7) is 0.831. The van der Waals surface area contributed by atoms with Gasteiger partial charge in [0.25, 0.3) is 11.8 Å². The van der Waals surface area contributed by atoms with E-state index in [1.165, 1.54) is 4.90 Å². The van der Waals surface area contributed by atoms with E-state index in [2.05, 4.69) is 5.10 Å². The van der Waals surface area contributed by atoms with Crippen molar-refractivity contribution in [2.45, 2.75) is 6.54 Å². The van der Waals surface area contributed by atoms with Gasteiger partial charge in [0.05, 0.1) is 23.5 Å². The summed E-state index contributed by atoms with van der Waals surface area (Å²) in [5.74, 6) is -0.466. The standard InChI is InChI=1S/C15H16N4O2/c1-17(9-11-7-8-18(2)16-11)10-19-14(20)12-5-3-4-6-13(12)15(19)21/h3-8H,9-10H2,1-2H3. The summed E-state index contributed by atoms with van der Waals surface area (Å²) in [6, 6.07) is 8.83. The molecule has 1 aliphatic rings. The van der Waals surface area contributed by atoms with E-state index in [0.29, 0.717) is 17.7 Å². The van der Waals surface area contributed by atoms with Gasteiger partial charge in [0.1, 0.15) is 0 Å². The molecule has 0 radical (unpaired) electrons. The molecule has 3 rings (SSSR count). The van der Waals surface area contributed by atoms with Crippen molar-refractivity contribution in [2.75, 3.05) is 13.7 Å². The predicted octanol–water partition coefficient (Wildman–Crippen LogP) is 1.11. The molecule has 21 heavy (non-hydrogen) atoms. The first-order valence-electron chi connectivity index (χ1n) is 6.68. The molecule has 108 valence electrons. The number of fused-ring (bicyclic) bond motifs is 1. The van der Waals surface area contributed by atoms with Crippen molar-refractivity contribution in [3.05, 3.63) is 53.3 Å². The number of carbonyl (C=O) groups is 2. The smallest absolute Gasteiger partial charge is 0.262 e. The van der Waals surface area contributed by atoms with Crippen LogP contribution < -0.4 is 0 Å². The van der Waals surface area contributed by atoms with Crippen LogP contribution in [0.3, 0.4) is 0 Å². The van der Waals surface area contributed by atoms with E-state index in [0.717, 1.165) is 5.69 Å². The molecule has 2 amide bonds. The van der Waals surface area contributed by atoms with Crippen molar-refractivity contribution < 1.29 is 9.59 Å². The number of aromatic nitrogens is 2. The van der Waals surface area contributed by atoms with E-state index in [9.17, 15) is 9.59 Å².